The Morgan fingerprint density at radius 3 is 2.63 bits per heavy atom. The molecule has 0 radical (unpaired) electrons. The van der Waals surface area contributed by atoms with E-state index < -0.39 is 23.6 Å². The predicted octanol–water partition coefficient (Wildman–Crippen LogP) is 4.66. The van der Waals surface area contributed by atoms with Crippen LogP contribution in [0.1, 0.15) is 17.5 Å². The van der Waals surface area contributed by atoms with Crippen LogP contribution in [0.15, 0.2) is 42.5 Å². The van der Waals surface area contributed by atoms with Crippen molar-refractivity contribution in [3.05, 3.63) is 58.6 Å². The summed E-state index contributed by atoms with van der Waals surface area (Å²) in [5.74, 6) is -1.39. The summed E-state index contributed by atoms with van der Waals surface area (Å²) >= 11 is 6.09. The first-order valence-corrected chi connectivity index (χ1v) is 8.58. The van der Waals surface area contributed by atoms with Crippen molar-refractivity contribution >= 4 is 34.8 Å². The predicted molar refractivity (Wildman–Crippen MR) is 96.7 cm³/mol. The van der Waals surface area contributed by atoms with Gasteiger partial charge in [0.2, 0.25) is 11.8 Å². The lowest BCUT2D eigenvalue weighted by molar-refractivity contribution is -0.137. The fourth-order valence-electron chi connectivity index (χ4n) is 3.02. The molecule has 8 heteroatoms. The van der Waals surface area contributed by atoms with Crippen LogP contribution in [0.4, 0.5) is 24.5 Å². The second-order valence-electron chi connectivity index (χ2n) is 6.36. The number of rotatable bonds is 3. The van der Waals surface area contributed by atoms with Gasteiger partial charge in [-0.2, -0.15) is 13.2 Å². The maximum atomic E-state index is 12.8. The van der Waals surface area contributed by atoms with E-state index in [2.05, 4.69) is 5.32 Å². The largest absolute Gasteiger partial charge is 0.416 e. The molecule has 0 aliphatic carbocycles. The normalized spacial score (nSPS) is 17.3. The molecule has 1 saturated heterocycles. The quantitative estimate of drug-likeness (QED) is 0.820. The zero-order valence-electron chi connectivity index (χ0n) is 14.3. The molecule has 3 rings (SSSR count). The van der Waals surface area contributed by atoms with Crippen LogP contribution in [0.5, 0.6) is 0 Å². The zero-order chi connectivity index (χ0) is 19.8. The van der Waals surface area contributed by atoms with E-state index in [0.29, 0.717) is 10.7 Å². The number of halogens is 4. The van der Waals surface area contributed by atoms with E-state index in [4.69, 9.17) is 11.6 Å². The van der Waals surface area contributed by atoms with Crippen molar-refractivity contribution in [1.29, 1.82) is 0 Å². The van der Waals surface area contributed by atoms with Crippen molar-refractivity contribution in [3.63, 3.8) is 0 Å². The lowest BCUT2D eigenvalue weighted by Crippen LogP contribution is -2.28. The third-order valence-corrected chi connectivity index (χ3v) is 4.89. The zero-order valence-corrected chi connectivity index (χ0v) is 15.1. The number of benzene rings is 2. The minimum absolute atomic E-state index is 0.0171. The Hall–Kier alpha value is -2.54. The van der Waals surface area contributed by atoms with Crippen LogP contribution in [0.2, 0.25) is 5.02 Å². The Labute approximate surface area is 158 Å². The maximum absolute atomic E-state index is 12.8. The molecule has 1 aliphatic heterocycles. The van der Waals surface area contributed by atoms with Crippen LogP contribution in [0.25, 0.3) is 0 Å². The van der Waals surface area contributed by atoms with Gasteiger partial charge in [-0.3, -0.25) is 9.59 Å². The number of anilines is 2. The van der Waals surface area contributed by atoms with Crippen LogP contribution in [-0.4, -0.2) is 18.4 Å². The summed E-state index contributed by atoms with van der Waals surface area (Å²) in [6.07, 6.45) is -4.51. The SMILES string of the molecule is Cc1c(Cl)cccc1N1CC(C(=O)Nc2cccc(C(F)(F)F)c2)CC1=O. The van der Waals surface area contributed by atoms with E-state index >= 15 is 0 Å². The fraction of sp³-hybridized carbons (Fsp3) is 0.263. The van der Waals surface area contributed by atoms with E-state index in [-0.39, 0.29) is 24.6 Å². The van der Waals surface area contributed by atoms with E-state index in [1.54, 1.807) is 25.1 Å². The van der Waals surface area contributed by atoms with Gasteiger partial charge in [0, 0.05) is 29.4 Å². The van der Waals surface area contributed by atoms with Crippen molar-refractivity contribution in [2.75, 3.05) is 16.8 Å². The highest BCUT2D eigenvalue weighted by Gasteiger charge is 2.36. The van der Waals surface area contributed by atoms with Crippen LogP contribution in [-0.2, 0) is 15.8 Å². The molecule has 2 aromatic carbocycles. The van der Waals surface area contributed by atoms with E-state index in [9.17, 15) is 22.8 Å². The van der Waals surface area contributed by atoms with Crippen LogP contribution < -0.4 is 10.2 Å². The molecule has 1 atom stereocenters. The van der Waals surface area contributed by atoms with Gasteiger partial charge in [0.05, 0.1) is 11.5 Å². The third-order valence-electron chi connectivity index (χ3n) is 4.48. The molecule has 0 aromatic heterocycles. The van der Waals surface area contributed by atoms with Gasteiger partial charge in [-0.1, -0.05) is 23.7 Å². The van der Waals surface area contributed by atoms with Crippen LogP contribution in [0, 0.1) is 12.8 Å². The first-order chi connectivity index (χ1) is 12.7. The topological polar surface area (TPSA) is 49.4 Å². The van der Waals surface area contributed by atoms with Crippen molar-refractivity contribution in [1.82, 2.24) is 0 Å². The summed E-state index contributed by atoms with van der Waals surface area (Å²) in [4.78, 5) is 26.3. The minimum Gasteiger partial charge on any atom is -0.326 e. The molecular formula is C19H16ClF3N2O2. The second-order valence-corrected chi connectivity index (χ2v) is 6.76. The average Bonchev–Trinajstić information content (AvgIpc) is 2.99. The number of hydrogen-bond acceptors (Lipinski definition) is 2. The Bertz CT molecular complexity index is 899. The van der Waals surface area contributed by atoms with Gasteiger partial charge >= 0.3 is 6.18 Å². The minimum atomic E-state index is -4.50. The highest BCUT2D eigenvalue weighted by atomic mass is 35.5. The molecule has 0 saturated carbocycles. The number of amides is 2. The number of hydrogen-bond donors (Lipinski definition) is 1. The standard InChI is InChI=1S/C19H16ClF3N2O2/c1-11-15(20)6-3-7-16(11)25-10-12(8-17(25)26)18(27)24-14-5-2-4-13(9-14)19(21,22)23/h2-7,9,12H,8,10H2,1H3,(H,24,27). The summed E-state index contributed by atoms with van der Waals surface area (Å²) in [5.41, 5.74) is 0.548. The lowest BCUT2D eigenvalue weighted by atomic mass is 10.1. The molecule has 0 bridgehead atoms. The van der Waals surface area contributed by atoms with Gasteiger partial charge in [0.1, 0.15) is 0 Å². The van der Waals surface area contributed by atoms with Gasteiger partial charge in [0.25, 0.3) is 0 Å². The van der Waals surface area contributed by atoms with Crippen molar-refractivity contribution in [2.45, 2.75) is 19.5 Å². The maximum Gasteiger partial charge on any atom is 0.416 e. The molecular weight excluding hydrogens is 381 g/mol. The average molecular weight is 397 g/mol. The number of alkyl halides is 3. The van der Waals surface area contributed by atoms with Crippen molar-refractivity contribution in [3.8, 4) is 0 Å². The van der Waals surface area contributed by atoms with Crippen LogP contribution in [0.3, 0.4) is 0 Å². The monoisotopic (exact) mass is 396 g/mol. The molecule has 2 aromatic rings. The molecule has 1 heterocycles. The summed E-state index contributed by atoms with van der Waals surface area (Å²) in [6.45, 7) is 1.92. The Balaban J connectivity index is 1.74. The number of carbonyl (C=O) groups is 2. The first kappa shape index (κ1) is 19.2. The van der Waals surface area contributed by atoms with Gasteiger partial charge in [0.15, 0.2) is 0 Å². The molecule has 1 fully saturated rings. The molecule has 2 amide bonds. The Kier molecular flexibility index (Phi) is 5.15. The third kappa shape index (κ3) is 4.08. The van der Waals surface area contributed by atoms with Crippen molar-refractivity contribution in [2.24, 2.45) is 5.92 Å². The number of carbonyl (C=O) groups excluding carboxylic acids is 2. The smallest absolute Gasteiger partial charge is 0.326 e. The molecule has 1 unspecified atom stereocenters. The lowest BCUT2D eigenvalue weighted by Gasteiger charge is -2.19. The highest BCUT2D eigenvalue weighted by Crippen LogP contribution is 2.33. The van der Waals surface area contributed by atoms with E-state index in [0.717, 1.165) is 17.7 Å². The molecule has 142 valence electrons. The van der Waals surface area contributed by atoms with Gasteiger partial charge in [-0.25, -0.2) is 0 Å². The fourth-order valence-corrected chi connectivity index (χ4v) is 3.19. The second kappa shape index (κ2) is 7.23. The number of nitrogens with one attached hydrogen (secondary N) is 1. The van der Waals surface area contributed by atoms with E-state index in [1.807, 2.05) is 0 Å². The highest BCUT2D eigenvalue weighted by molar-refractivity contribution is 6.31. The Morgan fingerprint density at radius 1 is 1.22 bits per heavy atom. The Morgan fingerprint density at radius 2 is 1.93 bits per heavy atom. The van der Waals surface area contributed by atoms with Gasteiger partial charge in [-0.15, -0.1) is 0 Å². The molecule has 4 nitrogen and oxygen atoms in total. The van der Waals surface area contributed by atoms with E-state index in [1.165, 1.54) is 17.0 Å². The molecule has 27 heavy (non-hydrogen) atoms. The molecule has 1 aliphatic rings. The summed E-state index contributed by atoms with van der Waals surface area (Å²) in [7, 11) is 0. The van der Waals surface area contributed by atoms with Gasteiger partial charge < -0.3 is 10.2 Å². The summed E-state index contributed by atoms with van der Waals surface area (Å²) in [6, 6.07) is 9.56. The van der Waals surface area contributed by atoms with Crippen molar-refractivity contribution < 1.29 is 22.8 Å². The summed E-state index contributed by atoms with van der Waals surface area (Å²) < 4.78 is 38.4. The van der Waals surface area contributed by atoms with Gasteiger partial charge in [-0.05, 0) is 42.8 Å². The first-order valence-electron chi connectivity index (χ1n) is 8.20. The molecule has 1 N–H and O–H groups in total. The number of nitrogens with zero attached hydrogens (tertiary/aromatic N) is 1. The molecule has 0 spiro atoms. The summed E-state index contributed by atoms with van der Waals surface area (Å²) in [5, 5.41) is 2.98. The van der Waals surface area contributed by atoms with Crippen LogP contribution >= 0.6 is 11.6 Å².